The van der Waals surface area contributed by atoms with Gasteiger partial charge in [0.15, 0.2) is 0 Å². The number of aromatic amines is 1. The molecular formula is C21H17F6NO2. The number of ether oxygens (including phenoxy) is 1. The highest BCUT2D eigenvalue weighted by molar-refractivity contribution is 5.85. The second kappa shape index (κ2) is 7.46. The molecule has 1 N–H and O–H groups in total. The number of rotatable bonds is 4. The van der Waals surface area contributed by atoms with Crippen LogP contribution in [0.5, 0.6) is 0 Å². The van der Waals surface area contributed by atoms with Gasteiger partial charge in [0.25, 0.3) is 5.60 Å². The number of H-pyrrole nitrogens is 1. The number of nitrogens with one attached hydrogen (secondary N) is 1. The number of fused-ring (bicyclic) bond motifs is 1. The van der Waals surface area contributed by atoms with E-state index in [2.05, 4.69) is 9.72 Å². The third-order valence-corrected chi connectivity index (χ3v) is 4.86. The van der Waals surface area contributed by atoms with E-state index in [0.717, 1.165) is 18.2 Å². The summed E-state index contributed by atoms with van der Waals surface area (Å²) in [6.45, 7) is 1.87. The molecule has 30 heavy (non-hydrogen) atoms. The van der Waals surface area contributed by atoms with Crippen LogP contribution in [0.25, 0.3) is 10.9 Å². The maximum absolute atomic E-state index is 14.1. The summed E-state index contributed by atoms with van der Waals surface area (Å²) in [5.41, 5.74) is -5.51. The Balaban J connectivity index is 2.27. The Hall–Kier alpha value is -2.81. The van der Waals surface area contributed by atoms with Gasteiger partial charge in [0.05, 0.1) is 12.1 Å². The molecule has 0 saturated heterocycles. The molecule has 0 aliphatic carbocycles. The topological polar surface area (TPSA) is 42.1 Å². The van der Waals surface area contributed by atoms with Crippen LogP contribution in [-0.2, 0) is 16.9 Å². The number of hydrogen-bond acceptors (Lipinski definition) is 2. The summed E-state index contributed by atoms with van der Waals surface area (Å²) in [6, 6.07) is 9.95. The summed E-state index contributed by atoms with van der Waals surface area (Å²) in [5.74, 6) is 0. The number of aryl methyl sites for hydroxylation is 2. The van der Waals surface area contributed by atoms with Crippen molar-refractivity contribution in [2.75, 3.05) is 0 Å². The molecule has 0 fully saturated rings. The predicted octanol–water partition coefficient (Wildman–Crippen LogP) is 5.68. The van der Waals surface area contributed by atoms with E-state index in [0.29, 0.717) is 0 Å². The van der Waals surface area contributed by atoms with Gasteiger partial charge in [0.2, 0.25) is 5.56 Å². The molecule has 160 valence electrons. The molecule has 3 aromatic rings. The van der Waals surface area contributed by atoms with Crippen LogP contribution in [-0.4, -0.2) is 17.3 Å². The van der Waals surface area contributed by atoms with Crippen molar-refractivity contribution in [1.29, 1.82) is 0 Å². The van der Waals surface area contributed by atoms with Crippen molar-refractivity contribution in [1.82, 2.24) is 4.98 Å². The van der Waals surface area contributed by atoms with Crippen LogP contribution in [0.15, 0.2) is 53.3 Å². The first-order valence-electron chi connectivity index (χ1n) is 8.83. The summed E-state index contributed by atoms with van der Waals surface area (Å²) in [7, 11) is 0. The van der Waals surface area contributed by atoms with Crippen molar-refractivity contribution in [3.63, 3.8) is 0 Å². The van der Waals surface area contributed by atoms with E-state index in [1.165, 1.54) is 38.1 Å². The quantitative estimate of drug-likeness (QED) is 0.542. The minimum Gasteiger partial charge on any atom is -0.349 e. The maximum Gasteiger partial charge on any atom is 0.430 e. The maximum atomic E-state index is 14.1. The molecular weight excluding hydrogens is 412 g/mol. The SMILES string of the molecule is Cc1cc(=O)[nH]c2c(C)cc(C(OCc3ccccc3)(C(F)(F)F)C(F)(F)F)cc12. The predicted molar refractivity (Wildman–Crippen MR) is 99.1 cm³/mol. The van der Waals surface area contributed by atoms with Crippen molar-refractivity contribution >= 4 is 10.9 Å². The highest BCUT2D eigenvalue weighted by Crippen LogP contribution is 2.54. The number of pyridine rings is 1. The van der Waals surface area contributed by atoms with Gasteiger partial charge in [-0.2, -0.15) is 26.3 Å². The first-order chi connectivity index (χ1) is 13.9. The molecule has 1 heterocycles. The van der Waals surface area contributed by atoms with Crippen molar-refractivity contribution in [3.8, 4) is 0 Å². The fourth-order valence-electron chi connectivity index (χ4n) is 3.40. The standard InChI is InChI=1S/C21H17F6NO2/c1-12-9-17(29)28-18-13(2)8-15(10-16(12)18)19(20(22,23)24,21(25,26)27)30-11-14-6-4-3-5-7-14/h3-10H,11H2,1-2H3,(H,28,29). The second-order valence-corrected chi connectivity index (χ2v) is 6.98. The van der Waals surface area contributed by atoms with Crippen LogP contribution >= 0.6 is 0 Å². The number of alkyl halides is 6. The van der Waals surface area contributed by atoms with Gasteiger partial charge < -0.3 is 9.72 Å². The third-order valence-electron chi connectivity index (χ3n) is 4.86. The lowest BCUT2D eigenvalue weighted by molar-refractivity contribution is -0.392. The number of benzene rings is 2. The van der Waals surface area contributed by atoms with Gasteiger partial charge in [-0.05, 0) is 36.6 Å². The van der Waals surface area contributed by atoms with Crippen LogP contribution in [0, 0.1) is 13.8 Å². The van der Waals surface area contributed by atoms with Crippen LogP contribution in [0.4, 0.5) is 26.3 Å². The van der Waals surface area contributed by atoms with E-state index in [4.69, 9.17) is 0 Å². The van der Waals surface area contributed by atoms with Crippen molar-refractivity contribution in [2.45, 2.75) is 38.4 Å². The lowest BCUT2D eigenvalue weighted by Crippen LogP contribution is -2.55. The van der Waals surface area contributed by atoms with Crippen LogP contribution in [0.2, 0.25) is 0 Å². The van der Waals surface area contributed by atoms with Crippen molar-refractivity contribution in [2.24, 2.45) is 0 Å². The lowest BCUT2D eigenvalue weighted by atomic mass is 9.88. The van der Waals surface area contributed by atoms with Gasteiger partial charge in [-0.1, -0.05) is 36.4 Å². The molecule has 0 radical (unpaired) electrons. The smallest absolute Gasteiger partial charge is 0.349 e. The van der Waals surface area contributed by atoms with E-state index in [1.54, 1.807) is 6.07 Å². The van der Waals surface area contributed by atoms with Crippen LogP contribution < -0.4 is 5.56 Å². The molecule has 0 amide bonds. The molecule has 0 unspecified atom stereocenters. The number of halogens is 6. The molecule has 0 aliphatic heterocycles. The van der Waals surface area contributed by atoms with Crippen molar-refractivity contribution < 1.29 is 31.1 Å². The summed E-state index contributed by atoms with van der Waals surface area (Å²) >= 11 is 0. The van der Waals surface area contributed by atoms with Gasteiger partial charge in [0.1, 0.15) is 0 Å². The zero-order chi connectivity index (χ0) is 22.3. The van der Waals surface area contributed by atoms with Gasteiger partial charge in [-0.15, -0.1) is 0 Å². The van der Waals surface area contributed by atoms with E-state index < -0.39 is 35.7 Å². The Bertz CT molecular complexity index is 1100. The molecule has 3 rings (SSSR count). The summed E-state index contributed by atoms with van der Waals surface area (Å²) < 4.78 is 89.0. The molecule has 1 aromatic heterocycles. The zero-order valence-corrected chi connectivity index (χ0v) is 15.9. The molecule has 0 aliphatic rings. The largest absolute Gasteiger partial charge is 0.430 e. The monoisotopic (exact) mass is 429 g/mol. The van der Waals surface area contributed by atoms with Gasteiger partial charge in [-0.3, -0.25) is 4.79 Å². The van der Waals surface area contributed by atoms with E-state index in [9.17, 15) is 31.1 Å². The first kappa shape index (κ1) is 21.9. The summed E-state index contributed by atoms with van der Waals surface area (Å²) in [5, 5.41) is 0.0748. The van der Waals surface area contributed by atoms with Crippen LogP contribution in [0.1, 0.15) is 22.3 Å². The number of aromatic nitrogens is 1. The fourth-order valence-corrected chi connectivity index (χ4v) is 3.40. The average molecular weight is 429 g/mol. The van der Waals surface area contributed by atoms with Crippen LogP contribution in [0.3, 0.4) is 0 Å². The fraction of sp³-hybridized carbons (Fsp3) is 0.286. The Morgan fingerprint density at radius 3 is 2.03 bits per heavy atom. The zero-order valence-electron chi connectivity index (χ0n) is 15.9. The summed E-state index contributed by atoms with van der Waals surface area (Å²) in [4.78, 5) is 14.1. The van der Waals surface area contributed by atoms with E-state index in [-0.39, 0.29) is 27.6 Å². The Kier molecular flexibility index (Phi) is 5.44. The van der Waals surface area contributed by atoms with Gasteiger partial charge >= 0.3 is 12.4 Å². The third kappa shape index (κ3) is 3.69. The molecule has 0 bridgehead atoms. The molecule has 9 heteroatoms. The Morgan fingerprint density at radius 2 is 1.47 bits per heavy atom. The molecule has 2 aromatic carbocycles. The van der Waals surface area contributed by atoms with Gasteiger partial charge in [0, 0.05) is 17.0 Å². The van der Waals surface area contributed by atoms with E-state index in [1.807, 2.05) is 0 Å². The highest BCUT2D eigenvalue weighted by atomic mass is 19.4. The highest BCUT2D eigenvalue weighted by Gasteiger charge is 2.73. The lowest BCUT2D eigenvalue weighted by Gasteiger charge is -2.38. The molecule has 0 atom stereocenters. The second-order valence-electron chi connectivity index (χ2n) is 6.98. The molecule has 0 saturated carbocycles. The number of hydrogen-bond donors (Lipinski definition) is 1. The normalized spacial score (nSPS) is 13.1. The summed E-state index contributed by atoms with van der Waals surface area (Å²) in [6.07, 6.45) is -11.6. The first-order valence-corrected chi connectivity index (χ1v) is 8.83. The van der Waals surface area contributed by atoms with E-state index >= 15 is 0 Å². The minimum atomic E-state index is -5.80. The molecule has 3 nitrogen and oxygen atoms in total. The van der Waals surface area contributed by atoms with Crippen molar-refractivity contribution in [3.05, 3.63) is 81.1 Å². The van der Waals surface area contributed by atoms with Gasteiger partial charge in [-0.25, -0.2) is 0 Å². The molecule has 0 spiro atoms. The minimum absolute atomic E-state index is 0.0597. The Labute approximate surface area is 167 Å². The Morgan fingerprint density at radius 1 is 0.867 bits per heavy atom. The average Bonchev–Trinajstić information content (AvgIpc) is 2.62.